The van der Waals surface area contributed by atoms with Crippen molar-refractivity contribution in [2.75, 3.05) is 6.79 Å². The molecular formula is C22H23N3O3. The van der Waals surface area contributed by atoms with Gasteiger partial charge in [-0.05, 0) is 63.6 Å². The zero-order chi connectivity index (χ0) is 19.9. The lowest BCUT2D eigenvalue weighted by Crippen LogP contribution is -2.41. The molecule has 4 rings (SSSR count). The van der Waals surface area contributed by atoms with Crippen LogP contribution in [-0.2, 0) is 5.54 Å². The minimum atomic E-state index is -0.575. The Balaban J connectivity index is 1.62. The Labute approximate surface area is 164 Å². The van der Waals surface area contributed by atoms with Crippen molar-refractivity contribution in [1.29, 1.82) is 0 Å². The van der Waals surface area contributed by atoms with Crippen LogP contribution in [0.4, 0.5) is 0 Å². The second-order valence-electron chi connectivity index (χ2n) is 7.48. The quantitative estimate of drug-likeness (QED) is 0.749. The number of hydrogen-bond donors (Lipinski definition) is 1. The number of carbonyl (C=O) groups is 1. The Hall–Kier alpha value is -3.28. The topological polar surface area (TPSA) is 65.4 Å². The highest BCUT2D eigenvalue weighted by Crippen LogP contribution is 2.35. The minimum absolute atomic E-state index is 0.120. The van der Waals surface area contributed by atoms with Crippen molar-refractivity contribution in [1.82, 2.24) is 14.9 Å². The van der Waals surface area contributed by atoms with Crippen molar-refractivity contribution in [3.63, 3.8) is 0 Å². The first-order valence-electron chi connectivity index (χ1n) is 9.19. The van der Waals surface area contributed by atoms with Crippen LogP contribution in [0.5, 0.6) is 11.5 Å². The van der Waals surface area contributed by atoms with Gasteiger partial charge in [0, 0.05) is 17.6 Å². The number of hydrogen-bond acceptors (Lipinski definition) is 4. The van der Waals surface area contributed by atoms with Crippen molar-refractivity contribution in [3.05, 3.63) is 71.3 Å². The molecule has 0 spiro atoms. The number of nitrogens with one attached hydrogen (secondary N) is 1. The van der Waals surface area contributed by atoms with Gasteiger partial charge in [0.2, 0.25) is 6.79 Å². The van der Waals surface area contributed by atoms with E-state index in [0.29, 0.717) is 11.3 Å². The van der Waals surface area contributed by atoms with Crippen molar-refractivity contribution in [3.8, 4) is 17.2 Å². The summed E-state index contributed by atoms with van der Waals surface area (Å²) >= 11 is 0. The van der Waals surface area contributed by atoms with Crippen LogP contribution in [0, 0.1) is 13.8 Å². The second-order valence-corrected chi connectivity index (χ2v) is 7.48. The van der Waals surface area contributed by atoms with Crippen molar-refractivity contribution in [2.24, 2.45) is 0 Å². The smallest absolute Gasteiger partial charge is 0.253 e. The molecule has 144 valence electrons. The predicted octanol–water partition coefficient (Wildman–Crippen LogP) is 3.88. The van der Waals surface area contributed by atoms with Crippen molar-refractivity contribution in [2.45, 2.75) is 33.2 Å². The molecule has 1 N–H and O–H groups in total. The highest BCUT2D eigenvalue weighted by molar-refractivity contribution is 5.96. The van der Waals surface area contributed by atoms with E-state index >= 15 is 0 Å². The summed E-state index contributed by atoms with van der Waals surface area (Å²) in [5.74, 6) is 1.31. The molecule has 2 aromatic heterocycles. The van der Waals surface area contributed by atoms with E-state index in [1.807, 2.05) is 68.7 Å². The van der Waals surface area contributed by atoms with Gasteiger partial charge < -0.3 is 19.4 Å². The summed E-state index contributed by atoms with van der Waals surface area (Å²) < 4.78 is 12.9. The highest BCUT2D eigenvalue weighted by atomic mass is 16.7. The van der Waals surface area contributed by atoms with Crippen LogP contribution in [0.25, 0.3) is 5.69 Å². The molecule has 3 heterocycles. The summed E-state index contributed by atoms with van der Waals surface area (Å²) in [6.07, 6.45) is 3.53. The van der Waals surface area contributed by atoms with Gasteiger partial charge in [0.1, 0.15) is 0 Å². The molecule has 0 aliphatic carbocycles. The number of amides is 1. The number of carbonyl (C=O) groups excluding carboxylic acids is 1. The fourth-order valence-electron chi connectivity index (χ4n) is 3.58. The Morgan fingerprint density at radius 1 is 1.14 bits per heavy atom. The summed E-state index contributed by atoms with van der Waals surface area (Å²) in [6, 6.07) is 11.5. The summed E-state index contributed by atoms with van der Waals surface area (Å²) in [6.45, 7) is 8.11. The van der Waals surface area contributed by atoms with E-state index in [2.05, 4.69) is 10.3 Å². The molecule has 0 saturated carbocycles. The van der Waals surface area contributed by atoms with E-state index < -0.39 is 5.54 Å². The number of aromatic nitrogens is 2. The number of fused-ring (bicyclic) bond motifs is 1. The molecule has 0 radical (unpaired) electrons. The van der Waals surface area contributed by atoms with Gasteiger partial charge in [-0.3, -0.25) is 9.78 Å². The first kappa shape index (κ1) is 18.1. The standard InChI is InChI=1S/C22H23N3O3/c1-14-10-18(15(2)25(14)17-6-5-9-23-12-17)21(26)24-22(3,4)16-7-8-19-20(11-16)28-13-27-19/h5-12H,13H2,1-4H3,(H,24,26). The molecule has 0 bridgehead atoms. The molecule has 1 aromatic carbocycles. The molecule has 3 aromatic rings. The number of rotatable bonds is 4. The van der Waals surface area contributed by atoms with Crippen LogP contribution < -0.4 is 14.8 Å². The SMILES string of the molecule is Cc1cc(C(=O)NC(C)(C)c2ccc3c(c2)OCO3)c(C)n1-c1cccnc1. The van der Waals surface area contributed by atoms with Crippen LogP contribution in [0.3, 0.4) is 0 Å². The predicted molar refractivity (Wildman–Crippen MR) is 106 cm³/mol. The zero-order valence-electron chi connectivity index (χ0n) is 16.4. The number of benzene rings is 1. The summed E-state index contributed by atoms with van der Waals surface area (Å²) in [5.41, 5.74) is 3.82. The Morgan fingerprint density at radius 2 is 1.93 bits per heavy atom. The second kappa shape index (κ2) is 6.71. The lowest BCUT2D eigenvalue weighted by atomic mass is 9.93. The molecule has 1 aliphatic rings. The molecule has 0 unspecified atom stereocenters. The molecule has 0 saturated heterocycles. The first-order chi connectivity index (χ1) is 13.4. The fraction of sp³-hybridized carbons (Fsp3) is 0.273. The molecular weight excluding hydrogens is 354 g/mol. The lowest BCUT2D eigenvalue weighted by molar-refractivity contribution is 0.0911. The summed E-state index contributed by atoms with van der Waals surface area (Å²) in [4.78, 5) is 17.3. The average Bonchev–Trinajstić information content (AvgIpc) is 3.25. The maximum atomic E-state index is 13.1. The normalized spacial score (nSPS) is 12.9. The lowest BCUT2D eigenvalue weighted by Gasteiger charge is -2.27. The zero-order valence-corrected chi connectivity index (χ0v) is 16.4. The monoisotopic (exact) mass is 377 g/mol. The summed E-state index contributed by atoms with van der Waals surface area (Å²) in [5, 5.41) is 3.15. The van der Waals surface area contributed by atoms with E-state index in [0.717, 1.165) is 28.4 Å². The number of nitrogens with zero attached hydrogens (tertiary/aromatic N) is 2. The van der Waals surface area contributed by atoms with Gasteiger partial charge in [0.15, 0.2) is 11.5 Å². The van der Waals surface area contributed by atoms with Gasteiger partial charge in [0.05, 0.1) is 23.0 Å². The van der Waals surface area contributed by atoms with Crippen LogP contribution in [-0.4, -0.2) is 22.3 Å². The maximum Gasteiger partial charge on any atom is 0.253 e. The van der Waals surface area contributed by atoms with E-state index in [1.54, 1.807) is 12.4 Å². The van der Waals surface area contributed by atoms with Gasteiger partial charge in [0.25, 0.3) is 5.91 Å². The minimum Gasteiger partial charge on any atom is -0.454 e. The third-order valence-corrected chi connectivity index (χ3v) is 5.10. The molecule has 0 fully saturated rings. The fourth-order valence-corrected chi connectivity index (χ4v) is 3.58. The summed E-state index contributed by atoms with van der Waals surface area (Å²) in [7, 11) is 0. The van der Waals surface area contributed by atoms with Crippen LogP contribution in [0.1, 0.15) is 41.2 Å². The van der Waals surface area contributed by atoms with Crippen LogP contribution in [0.2, 0.25) is 0 Å². The van der Waals surface area contributed by atoms with Crippen molar-refractivity contribution >= 4 is 5.91 Å². The largest absolute Gasteiger partial charge is 0.454 e. The van der Waals surface area contributed by atoms with Crippen LogP contribution in [0.15, 0.2) is 48.8 Å². The molecule has 1 aliphatic heterocycles. The molecule has 0 atom stereocenters. The van der Waals surface area contributed by atoms with E-state index in [9.17, 15) is 4.79 Å². The Morgan fingerprint density at radius 3 is 2.68 bits per heavy atom. The maximum absolute atomic E-state index is 13.1. The molecule has 28 heavy (non-hydrogen) atoms. The van der Waals surface area contributed by atoms with Crippen molar-refractivity contribution < 1.29 is 14.3 Å². The molecule has 1 amide bonds. The third-order valence-electron chi connectivity index (χ3n) is 5.10. The van der Waals surface area contributed by atoms with Gasteiger partial charge in [-0.15, -0.1) is 0 Å². The van der Waals surface area contributed by atoms with Gasteiger partial charge in [-0.2, -0.15) is 0 Å². The van der Waals surface area contributed by atoms with E-state index in [-0.39, 0.29) is 12.7 Å². The van der Waals surface area contributed by atoms with Crippen LogP contribution >= 0.6 is 0 Å². The van der Waals surface area contributed by atoms with E-state index in [1.165, 1.54) is 0 Å². The highest BCUT2D eigenvalue weighted by Gasteiger charge is 2.27. The number of aryl methyl sites for hydroxylation is 1. The van der Waals surface area contributed by atoms with E-state index in [4.69, 9.17) is 9.47 Å². The Bertz CT molecular complexity index is 1040. The van der Waals surface area contributed by atoms with Gasteiger partial charge in [-0.1, -0.05) is 6.07 Å². The number of ether oxygens (including phenoxy) is 2. The first-order valence-corrected chi connectivity index (χ1v) is 9.19. The third kappa shape index (κ3) is 3.11. The van der Waals surface area contributed by atoms with Gasteiger partial charge >= 0.3 is 0 Å². The van der Waals surface area contributed by atoms with Gasteiger partial charge in [-0.25, -0.2) is 0 Å². The Kier molecular flexibility index (Phi) is 4.34. The number of pyridine rings is 1. The average molecular weight is 377 g/mol. The molecule has 6 heteroatoms. The molecule has 6 nitrogen and oxygen atoms in total.